The second-order valence-corrected chi connectivity index (χ2v) is 6.12. The molecule has 0 aliphatic carbocycles. The van der Waals surface area contributed by atoms with E-state index in [2.05, 4.69) is 22.7 Å². The van der Waals surface area contributed by atoms with Gasteiger partial charge in [-0.2, -0.15) is 5.10 Å². The largest absolute Gasteiger partial charge is 0.356 e. The second kappa shape index (κ2) is 7.31. The zero-order valence-corrected chi connectivity index (χ0v) is 15.0. The van der Waals surface area contributed by atoms with Crippen LogP contribution in [0.1, 0.15) is 31.1 Å². The second-order valence-electron chi connectivity index (χ2n) is 4.92. The van der Waals surface area contributed by atoms with Crippen LogP contribution in [0.5, 0.6) is 0 Å². The number of thiocarbonyl (C=S) groups is 1. The first-order chi connectivity index (χ1) is 10.4. The van der Waals surface area contributed by atoms with Crippen molar-refractivity contribution in [2.24, 2.45) is 0 Å². The van der Waals surface area contributed by atoms with E-state index in [4.69, 9.17) is 35.4 Å². The fourth-order valence-corrected chi connectivity index (χ4v) is 2.87. The molecule has 2 N–H and O–H groups in total. The van der Waals surface area contributed by atoms with E-state index in [0.29, 0.717) is 20.8 Å². The molecule has 0 bridgehead atoms. The van der Waals surface area contributed by atoms with Gasteiger partial charge in [0.2, 0.25) is 0 Å². The zero-order valence-electron chi connectivity index (χ0n) is 12.7. The van der Waals surface area contributed by atoms with Crippen LogP contribution in [-0.4, -0.2) is 14.9 Å². The van der Waals surface area contributed by atoms with Crippen LogP contribution in [0.15, 0.2) is 24.4 Å². The third-order valence-electron chi connectivity index (χ3n) is 3.45. The Bertz CT molecular complexity index is 684. The molecular weight excluding hydrogens is 339 g/mol. The molecule has 0 spiro atoms. The highest BCUT2D eigenvalue weighted by molar-refractivity contribution is 7.80. The van der Waals surface area contributed by atoms with Crippen LogP contribution in [0.4, 0.5) is 5.69 Å². The molecule has 0 saturated carbocycles. The van der Waals surface area contributed by atoms with Gasteiger partial charge in [0.15, 0.2) is 5.11 Å². The van der Waals surface area contributed by atoms with E-state index >= 15 is 0 Å². The van der Waals surface area contributed by atoms with Crippen molar-refractivity contribution in [3.8, 4) is 0 Å². The molecule has 7 heteroatoms. The Morgan fingerprint density at radius 3 is 2.77 bits per heavy atom. The molecule has 1 heterocycles. The van der Waals surface area contributed by atoms with E-state index in [0.717, 1.165) is 17.8 Å². The molecule has 0 aliphatic heterocycles. The minimum Gasteiger partial charge on any atom is -0.356 e. The quantitative estimate of drug-likeness (QED) is 0.787. The number of nitrogens with zero attached hydrogens (tertiary/aromatic N) is 2. The van der Waals surface area contributed by atoms with Crippen LogP contribution in [0.25, 0.3) is 0 Å². The van der Waals surface area contributed by atoms with Crippen LogP contribution in [0, 0.1) is 6.92 Å². The van der Waals surface area contributed by atoms with Gasteiger partial charge in [-0.05, 0) is 45.1 Å². The van der Waals surface area contributed by atoms with Gasteiger partial charge in [0.25, 0.3) is 0 Å². The molecule has 1 aromatic carbocycles. The first kappa shape index (κ1) is 17.1. The standard InChI is InChI=1S/C15H18Cl2N4S/c1-4-21-10(3)11(8-18-21)9(2)19-15(22)20-13-7-5-6-12(16)14(13)17/h5-9H,4H2,1-3H3,(H2,19,20,22). The van der Waals surface area contributed by atoms with Gasteiger partial charge >= 0.3 is 0 Å². The van der Waals surface area contributed by atoms with Crippen LogP contribution in [0.3, 0.4) is 0 Å². The Morgan fingerprint density at radius 1 is 1.41 bits per heavy atom. The van der Waals surface area contributed by atoms with Crippen LogP contribution in [-0.2, 0) is 6.54 Å². The monoisotopic (exact) mass is 356 g/mol. The van der Waals surface area contributed by atoms with Gasteiger partial charge < -0.3 is 10.6 Å². The van der Waals surface area contributed by atoms with Crippen molar-refractivity contribution in [2.75, 3.05) is 5.32 Å². The molecule has 22 heavy (non-hydrogen) atoms. The number of rotatable bonds is 4. The van der Waals surface area contributed by atoms with Crippen molar-refractivity contribution in [1.29, 1.82) is 0 Å². The highest BCUT2D eigenvalue weighted by Gasteiger charge is 2.14. The summed E-state index contributed by atoms with van der Waals surface area (Å²) >= 11 is 17.5. The highest BCUT2D eigenvalue weighted by Crippen LogP contribution is 2.29. The minimum absolute atomic E-state index is 0.0401. The summed E-state index contributed by atoms with van der Waals surface area (Å²) in [7, 11) is 0. The summed E-state index contributed by atoms with van der Waals surface area (Å²) in [5.41, 5.74) is 2.93. The fraction of sp³-hybridized carbons (Fsp3) is 0.333. The normalized spacial score (nSPS) is 12.0. The minimum atomic E-state index is 0.0401. The average molecular weight is 357 g/mol. The topological polar surface area (TPSA) is 41.9 Å². The average Bonchev–Trinajstić information content (AvgIpc) is 2.84. The van der Waals surface area contributed by atoms with Gasteiger partial charge in [-0.3, -0.25) is 4.68 Å². The summed E-state index contributed by atoms with van der Waals surface area (Å²) in [6.45, 7) is 7.00. The highest BCUT2D eigenvalue weighted by atomic mass is 35.5. The predicted molar refractivity (Wildman–Crippen MR) is 96.9 cm³/mol. The van der Waals surface area contributed by atoms with Gasteiger partial charge in [0, 0.05) is 17.8 Å². The zero-order chi connectivity index (χ0) is 16.3. The molecule has 1 aromatic heterocycles. The van der Waals surface area contributed by atoms with Crippen LogP contribution in [0.2, 0.25) is 10.0 Å². The molecule has 1 unspecified atom stereocenters. The van der Waals surface area contributed by atoms with Crippen molar-refractivity contribution >= 4 is 46.2 Å². The summed E-state index contributed by atoms with van der Waals surface area (Å²) in [5.74, 6) is 0. The Hall–Kier alpha value is -1.30. The maximum Gasteiger partial charge on any atom is 0.171 e. The number of hydrogen-bond donors (Lipinski definition) is 2. The molecule has 4 nitrogen and oxygen atoms in total. The van der Waals surface area contributed by atoms with Gasteiger partial charge in [0.05, 0.1) is 28.0 Å². The molecular formula is C15H18Cl2N4S. The Kier molecular flexibility index (Phi) is 5.67. The lowest BCUT2D eigenvalue weighted by Gasteiger charge is -2.18. The molecule has 2 rings (SSSR count). The summed E-state index contributed by atoms with van der Waals surface area (Å²) in [5, 5.41) is 12.1. The number of anilines is 1. The number of halogens is 2. The molecule has 0 radical (unpaired) electrons. The lowest BCUT2D eigenvalue weighted by Crippen LogP contribution is -2.31. The van der Waals surface area contributed by atoms with E-state index in [-0.39, 0.29) is 6.04 Å². The summed E-state index contributed by atoms with van der Waals surface area (Å²) in [6, 6.07) is 5.42. The molecule has 0 amide bonds. The van der Waals surface area contributed by atoms with Crippen molar-refractivity contribution < 1.29 is 0 Å². The van der Waals surface area contributed by atoms with E-state index in [1.807, 2.05) is 36.9 Å². The van der Waals surface area contributed by atoms with E-state index in [1.54, 1.807) is 6.07 Å². The van der Waals surface area contributed by atoms with Crippen molar-refractivity contribution in [1.82, 2.24) is 15.1 Å². The van der Waals surface area contributed by atoms with Crippen molar-refractivity contribution in [3.05, 3.63) is 45.7 Å². The third-order valence-corrected chi connectivity index (χ3v) is 4.49. The van der Waals surface area contributed by atoms with E-state index in [1.165, 1.54) is 0 Å². The lowest BCUT2D eigenvalue weighted by atomic mass is 10.1. The lowest BCUT2D eigenvalue weighted by molar-refractivity contribution is 0.633. The Labute approximate surface area is 145 Å². The SMILES string of the molecule is CCn1ncc(C(C)NC(=S)Nc2cccc(Cl)c2Cl)c1C. The maximum atomic E-state index is 6.14. The molecule has 2 aromatic rings. The number of hydrogen-bond acceptors (Lipinski definition) is 2. The molecule has 118 valence electrons. The van der Waals surface area contributed by atoms with Gasteiger partial charge in [-0.15, -0.1) is 0 Å². The first-order valence-electron chi connectivity index (χ1n) is 6.97. The smallest absolute Gasteiger partial charge is 0.171 e. The van der Waals surface area contributed by atoms with Crippen LogP contribution >= 0.6 is 35.4 Å². The number of aromatic nitrogens is 2. The Morgan fingerprint density at radius 2 is 2.14 bits per heavy atom. The summed E-state index contributed by atoms with van der Waals surface area (Å²) < 4.78 is 1.96. The summed E-state index contributed by atoms with van der Waals surface area (Å²) in [4.78, 5) is 0. The fourth-order valence-electron chi connectivity index (χ4n) is 2.24. The van der Waals surface area contributed by atoms with E-state index in [9.17, 15) is 0 Å². The van der Waals surface area contributed by atoms with Gasteiger partial charge in [0.1, 0.15) is 0 Å². The van der Waals surface area contributed by atoms with E-state index < -0.39 is 0 Å². The maximum absolute atomic E-state index is 6.14. The number of nitrogens with one attached hydrogen (secondary N) is 2. The molecule has 0 aliphatic rings. The predicted octanol–water partition coefficient (Wildman–Crippen LogP) is 4.57. The molecule has 0 saturated heterocycles. The van der Waals surface area contributed by atoms with Gasteiger partial charge in [-0.25, -0.2) is 0 Å². The Balaban J connectivity index is 2.05. The summed E-state index contributed by atoms with van der Waals surface area (Å²) in [6.07, 6.45) is 1.87. The van der Waals surface area contributed by atoms with Crippen LogP contribution < -0.4 is 10.6 Å². The first-order valence-corrected chi connectivity index (χ1v) is 8.14. The number of benzene rings is 1. The third kappa shape index (κ3) is 3.72. The van der Waals surface area contributed by atoms with Crippen molar-refractivity contribution in [3.63, 3.8) is 0 Å². The molecule has 1 atom stereocenters. The number of aryl methyl sites for hydroxylation is 1. The van der Waals surface area contributed by atoms with Crippen molar-refractivity contribution in [2.45, 2.75) is 33.4 Å². The molecule has 0 fully saturated rings. The van der Waals surface area contributed by atoms with Gasteiger partial charge in [-0.1, -0.05) is 29.3 Å².